The highest BCUT2D eigenvalue weighted by Crippen LogP contribution is 2.41. The molecule has 12 heteroatoms. The zero-order valence-electron chi connectivity index (χ0n) is 21.8. The molecule has 0 radical (unpaired) electrons. The molecule has 0 spiro atoms. The predicted octanol–water partition coefficient (Wildman–Crippen LogP) is 8.95. The fourth-order valence-corrected chi connectivity index (χ4v) is 5.50. The molecule has 212 valence electrons. The van der Waals surface area contributed by atoms with Crippen LogP contribution in [0.1, 0.15) is 11.1 Å². The van der Waals surface area contributed by atoms with Gasteiger partial charge in [0.25, 0.3) is 11.6 Å². The average Bonchev–Trinajstić information content (AvgIpc) is 3.27. The van der Waals surface area contributed by atoms with Crippen LogP contribution in [0.5, 0.6) is 11.5 Å². The number of amides is 1. The number of benzene rings is 4. The molecular formula is C30H20Cl3N3O5S. The zero-order valence-corrected chi connectivity index (χ0v) is 24.9. The van der Waals surface area contributed by atoms with Crippen molar-refractivity contribution in [1.29, 1.82) is 0 Å². The number of non-ortho nitro benzene ring substituents is 1. The Morgan fingerprint density at radius 1 is 0.952 bits per heavy atom. The fourth-order valence-electron chi connectivity index (χ4n) is 3.98. The Morgan fingerprint density at radius 2 is 1.60 bits per heavy atom. The van der Waals surface area contributed by atoms with Gasteiger partial charge in [0, 0.05) is 22.2 Å². The van der Waals surface area contributed by atoms with Gasteiger partial charge < -0.3 is 9.47 Å². The van der Waals surface area contributed by atoms with Crippen LogP contribution in [-0.4, -0.2) is 23.1 Å². The average molecular weight is 641 g/mol. The van der Waals surface area contributed by atoms with E-state index in [1.165, 1.54) is 35.9 Å². The number of aliphatic imine (C=N–C) groups is 1. The number of ether oxygens (including phenoxy) is 2. The summed E-state index contributed by atoms with van der Waals surface area (Å²) in [6, 6.07) is 23.3. The predicted molar refractivity (Wildman–Crippen MR) is 168 cm³/mol. The summed E-state index contributed by atoms with van der Waals surface area (Å²) in [5.41, 5.74) is 2.56. The molecule has 1 saturated heterocycles. The van der Waals surface area contributed by atoms with E-state index < -0.39 is 4.92 Å². The number of nitrogens with zero attached hydrogens (tertiary/aromatic N) is 3. The summed E-state index contributed by atoms with van der Waals surface area (Å²) in [7, 11) is 1.48. The molecule has 0 N–H and O–H groups in total. The second-order valence-corrected chi connectivity index (χ2v) is 11.1. The van der Waals surface area contributed by atoms with E-state index in [4.69, 9.17) is 49.3 Å². The summed E-state index contributed by atoms with van der Waals surface area (Å²) in [5.74, 6) is 0.387. The van der Waals surface area contributed by atoms with Crippen molar-refractivity contribution in [1.82, 2.24) is 0 Å². The van der Waals surface area contributed by atoms with Crippen molar-refractivity contribution in [3.05, 3.63) is 126 Å². The van der Waals surface area contributed by atoms with Gasteiger partial charge >= 0.3 is 0 Å². The first-order chi connectivity index (χ1) is 20.2. The van der Waals surface area contributed by atoms with Gasteiger partial charge in [0.15, 0.2) is 16.7 Å². The van der Waals surface area contributed by atoms with Crippen molar-refractivity contribution in [3.8, 4) is 11.5 Å². The van der Waals surface area contributed by atoms with Gasteiger partial charge in [0.2, 0.25) is 0 Å². The highest BCUT2D eigenvalue weighted by Gasteiger charge is 2.35. The highest BCUT2D eigenvalue weighted by atomic mass is 35.5. The molecule has 1 aliphatic rings. The van der Waals surface area contributed by atoms with Crippen LogP contribution in [0.4, 0.5) is 17.1 Å². The molecule has 4 aromatic carbocycles. The molecule has 0 saturated carbocycles. The summed E-state index contributed by atoms with van der Waals surface area (Å²) in [5, 5.41) is 12.7. The third-order valence-electron chi connectivity index (χ3n) is 6.02. The minimum Gasteiger partial charge on any atom is -0.493 e. The number of hydrogen-bond donors (Lipinski definition) is 0. The smallest absolute Gasteiger partial charge is 0.271 e. The maximum absolute atomic E-state index is 13.7. The van der Waals surface area contributed by atoms with Gasteiger partial charge in [-0.25, -0.2) is 4.99 Å². The van der Waals surface area contributed by atoms with Gasteiger partial charge in [0.1, 0.15) is 6.61 Å². The number of carbonyl (C=O) groups excluding carboxylic acids is 1. The second kappa shape index (κ2) is 12.9. The summed E-state index contributed by atoms with van der Waals surface area (Å²) in [4.78, 5) is 30.7. The maximum atomic E-state index is 13.7. The summed E-state index contributed by atoms with van der Waals surface area (Å²) in [6.07, 6.45) is 1.70. The second-order valence-electron chi connectivity index (χ2n) is 8.84. The van der Waals surface area contributed by atoms with Crippen LogP contribution in [0.3, 0.4) is 0 Å². The molecule has 1 fully saturated rings. The Morgan fingerprint density at radius 3 is 2.21 bits per heavy atom. The zero-order chi connectivity index (χ0) is 29.8. The molecule has 8 nitrogen and oxygen atoms in total. The summed E-state index contributed by atoms with van der Waals surface area (Å²) < 4.78 is 11.4. The van der Waals surface area contributed by atoms with Gasteiger partial charge in [-0.1, -0.05) is 34.8 Å². The Bertz CT molecular complexity index is 1710. The van der Waals surface area contributed by atoms with Crippen LogP contribution >= 0.6 is 46.6 Å². The lowest BCUT2D eigenvalue weighted by Crippen LogP contribution is -2.28. The van der Waals surface area contributed by atoms with E-state index in [0.29, 0.717) is 54.1 Å². The van der Waals surface area contributed by atoms with Gasteiger partial charge in [-0.05, 0) is 102 Å². The monoisotopic (exact) mass is 639 g/mol. The minimum atomic E-state index is -0.466. The summed E-state index contributed by atoms with van der Waals surface area (Å²) in [6.45, 7) is 0.115. The molecule has 4 aromatic rings. The van der Waals surface area contributed by atoms with Gasteiger partial charge in [-0.2, -0.15) is 0 Å². The number of methoxy groups -OCH3 is 1. The lowest BCUT2D eigenvalue weighted by atomic mass is 10.1. The Labute approximate surface area is 260 Å². The number of anilines is 1. The van der Waals surface area contributed by atoms with Crippen molar-refractivity contribution in [2.75, 3.05) is 12.0 Å². The molecular weight excluding hydrogens is 621 g/mol. The molecule has 5 rings (SSSR count). The van der Waals surface area contributed by atoms with Crippen LogP contribution < -0.4 is 14.4 Å². The Kier molecular flexibility index (Phi) is 9.03. The third kappa shape index (κ3) is 6.71. The molecule has 0 unspecified atom stereocenters. The number of nitro groups is 1. The third-order valence-corrected chi connectivity index (χ3v) is 7.78. The van der Waals surface area contributed by atoms with Crippen molar-refractivity contribution < 1.29 is 19.2 Å². The molecule has 1 heterocycles. The lowest BCUT2D eigenvalue weighted by Gasteiger charge is -2.15. The number of amidine groups is 1. The molecule has 1 aliphatic heterocycles. The summed E-state index contributed by atoms with van der Waals surface area (Å²) >= 11 is 19.9. The highest BCUT2D eigenvalue weighted by molar-refractivity contribution is 8.19. The van der Waals surface area contributed by atoms with E-state index >= 15 is 0 Å². The largest absolute Gasteiger partial charge is 0.493 e. The van der Waals surface area contributed by atoms with E-state index in [2.05, 4.69) is 0 Å². The van der Waals surface area contributed by atoms with E-state index in [1.807, 2.05) is 0 Å². The van der Waals surface area contributed by atoms with E-state index in [0.717, 1.165) is 0 Å². The number of nitro benzene ring substituents is 1. The van der Waals surface area contributed by atoms with Crippen LogP contribution in [0.15, 0.2) is 94.8 Å². The topological polar surface area (TPSA) is 94.3 Å². The molecule has 42 heavy (non-hydrogen) atoms. The lowest BCUT2D eigenvalue weighted by molar-refractivity contribution is -0.384. The Balaban J connectivity index is 1.44. The first kappa shape index (κ1) is 29.5. The maximum Gasteiger partial charge on any atom is 0.271 e. The van der Waals surface area contributed by atoms with Crippen LogP contribution in [0, 0.1) is 10.1 Å². The van der Waals surface area contributed by atoms with Gasteiger partial charge in [0.05, 0.1) is 33.3 Å². The first-order valence-corrected chi connectivity index (χ1v) is 14.2. The van der Waals surface area contributed by atoms with Crippen molar-refractivity contribution in [3.63, 3.8) is 0 Å². The van der Waals surface area contributed by atoms with Gasteiger partial charge in [-0.3, -0.25) is 19.8 Å². The first-order valence-electron chi connectivity index (χ1n) is 12.3. The normalized spacial score (nSPS) is 15.0. The SMILES string of the molecule is COc1cc(/C=C2\SC(=Nc3ccc(Cl)cc3)N(c3ccc(Cl)cc3)C2=O)cc(Cl)c1OCc1ccc([N+](=O)[O-])cc1. The molecule has 1 amide bonds. The van der Waals surface area contributed by atoms with Crippen molar-refractivity contribution in [2.24, 2.45) is 4.99 Å². The van der Waals surface area contributed by atoms with Crippen LogP contribution in [-0.2, 0) is 11.4 Å². The number of rotatable bonds is 8. The number of halogens is 3. The Hall–Kier alpha value is -4.02. The fraction of sp³-hybridized carbons (Fsp3) is 0.0667. The number of hydrogen-bond acceptors (Lipinski definition) is 7. The molecule has 0 aromatic heterocycles. The minimum absolute atomic E-state index is 0.0120. The number of carbonyl (C=O) groups is 1. The van der Waals surface area contributed by atoms with E-state index in [9.17, 15) is 14.9 Å². The van der Waals surface area contributed by atoms with Gasteiger partial charge in [-0.15, -0.1) is 0 Å². The van der Waals surface area contributed by atoms with Crippen LogP contribution in [0.2, 0.25) is 15.1 Å². The van der Waals surface area contributed by atoms with E-state index in [-0.39, 0.29) is 23.2 Å². The standard InChI is InChI=1S/C30H20Cl3N3O5S/c1-40-26-15-19(14-25(33)28(26)41-17-18-2-10-24(11-3-18)36(38)39)16-27-29(37)35(23-12-6-21(32)7-13-23)30(42-27)34-22-8-4-20(31)5-9-22/h2-16H,17H2,1H3/b27-16-,34-30?. The number of thioether (sulfide) groups is 1. The molecule has 0 atom stereocenters. The van der Waals surface area contributed by atoms with Crippen molar-refractivity contribution >= 4 is 80.8 Å². The van der Waals surface area contributed by atoms with Crippen molar-refractivity contribution in [2.45, 2.75) is 6.61 Å². The van der Waals surface area contributed by atoms with Crippen LogP contribution in [0.25, 0.3) is 6.08 Å². The molecule has 0 bridgehead atoms. The quantitative estimate of drug-likeness (QED) is 0.108. The van der Waals surface area contributed by atoms with E-state index in [1.54, 1.807) is 78.9 Å². The molecule has 0 aliphatic carbocycles.